The van der Waals surface area contributed by atoms with Crippen LogP contribution in [0.4, 0.5) is 0 Å². The Morgan fingerprint density at radius 1 is 1.18 bits per heavy atom. The Kier molecular flexibility index (Phi) is 10.4. The van der Waals surface area contributed by atoms with Crippen LogP contribution in [0.5, 0.6) is 0 Å². The molecule has 0 spiro atoms. The summed E-state index contributed by atoms with van der Waals surface area (Å²) in [4.78, 5) is 6.81. The van der Waals surface area contributed by atoms with E-state index in [0.717, 1.165) is 38.1 Å². The second-order valence-corrected chi connectivity index (χ2v) is 6.68. The topological polar surface area (TPSA) is 36.9 Å². The molecule has 0 bridgehead atoms. The van der Waals surface area contributed by atoms with E-state index in [1.165, 1.54) is 51.4 Å². The zero-order valence-corrected chi connectivity index (χ0v) is 16.7. The average molecular weight is 423 g/mol. The largest absolute Gasteiger partial charge is 0.384 e. The van der Waals surface area contributed by atoms with Crippen molar-refractivity contribution in [1.29, 1.82) is 0 Å². The van der Waals surface area contributed by atoms with Gasteiger partial charge in [0, 0.05) is 39.7 Å². The summed E-state index contributed by atoms with van der Waals surface area (Å²) in [5.41, 5.74) is 0. The number of nitrogens with zero attached hydrogens (tertiary/aromatic N) is 2. The summed E-state index contributed by atoms with van der Waals surface area (Å²) in [5.74, 6) is 2.77. The van der Waals surface area contributed by atoms with E-state index in [0.29, 0.717) is 5.92 Å². The summed E-state index contributed by atoms with van der Waals surface area (Å²) >= 11 is 0. The van der Waals surface area contributed by atoms with E-state index in [1.54, 1.807) is 7.11 Å². The molecule has 0 aromatic heterocycles. The second kappa shape index (κ2) is 11.5. The highest BCUT2D eigenvalue weighted by molar-refractivity contribution is 14.0. The Balaban J connectivity index is 0.00000242. The van der Waals surface area contributed by atoms with Crippen LogP contribution in [0.1, 0.15) is 51.4 Å². The number of nitrogens with one attached hydrogen (secondary N) is 1. The first kappa shape index (κ1) is 20.0. The summed E-state index contributed by atoms with van der Waals surface area (Å²) in [7, 11) is 3.69. The molecule has 1 saturated heterocycles. The van der Waals surface area contributed by atoms with Gasteiger partial charge in [-0.25, -0.2) is 0 Å². The van der Waals surface area contributed by atoms with Gasteiger partial charge in [-0.05, 0) is 18.8 Å². The van der Waals surface area contributed by atoms with Gasteiger partial charge in [0.15, 0.2) is 5.96 Å². The lowest BCUT2D eigenvalue weighted by Gasteiger charge is -2.21. The molecule has 2 fully saturated rings. The number of hydrogen-bond acceptors (Lipinski definition) is 2. The van der Waals surface area contributed by atoms with Gasteiger partial charge < -0.3 is 15.0 Å². The fourth-order valence-electron chi connectivity index (χ4n) is 3.79. The van der Waals surface area contributed by atoms with Crippen LogP contribution >= 0.6 is 24.0 Å². The first-order valence-electron chi connectivity index (χ1n) is 8.78. The minimum Gasteiger partial charge on any atom is -0.384 e. The van der Waals surface area contributed by atoms with Gasteiger partial charge in [-0.2, -0.15) is 0 Å². The van der Waals surface area contributed by atoms with E-state index in [9.17, 15) is 0 Å². The Morgan fingerprint density at radius 3 is 2.64 bits per heavy atom. The van der Waals surface area contributed by atoms with Crippen molar-refractivity contribution in [2.75, 3.05) is 40.4 Å². The van der Waals surface area contributed by atoms with Crippen LogP contribution in [0, 0.1) is 11.8 Å². The number of halogens is 1. The number of methoxy groups -OCH3 is 1. The van der Waals surface area contributed by atoms with E-state index >= 15 is 0 Å². The maximum absolute atomic E-state index is 5.26. The molecule has 0 amide bonds. The van der Waals surface area contributed by atoms with Crippen molar-refractivity contribution in [3.63, 3.8) is 0 Å². The first-order valence-corrected chi connectivity index (χ1v) is 8.78. The van der Waals surface area contributed by atoms with Crippen molar-refractivity contribution in [2.45, 2.75) is 51.4 Å². The minimum absolute atomic E-state index is 0. The van der Waals surface area contributed by atoms with Crippen LogP contribution < -0.4 is 5.32 Å². The molecule has 1 heterocycles. The minimum atomic E-state index is 0. The monoisotopic (exact) mass is 423 g/mol. The number of guanidine groups is 1. The zero-order chi connectivity index (χ0) is 14.9. The SMILES string of the molecule is CN=C(NCCCCC1CCCC1)N1CCC(COC)C1.I. The van der Waals surface area contributed by atoms with Crippen LogP contribution in [-0.2, 0) is 4.74 Å². The van der Waals surface area contributed by atoms with Crippen molar-refractivity contribution in [3.05, 3.63) is 0 Å². The maximum Gasteiger partial charge on any atom is 0.193 e. The fraction of sp³-hybridized carbons (Fsp3) is 0.941. The van der Waals surface area contributed by atoms with E-state index in [1.807, 2.05) is 7.05 Å². The standard InChI is InChI=1S/C17H33N3O.HI/c1-18-17(20-12-10-16(13-20)14-21-2)19-11-6-5-9-15-7-3-4-8-15;/h15-16H,3-14H2,1-2H3,(H,18,19);1H. The van der Waals surface area contributed by atoms with Gasteiger partial charge in [0.25, 0.3) is 0 Å². The lowest BCUT2D eigenvalue weighted by Crippen LogP contribution is -2.40. The number of aliphatic imine (C=N–C) groups is 1. The van der Waals surface area contributed by atoms with Crippen molar-refractivity contribution in [1.82, 2.24) is 10.2 Å². The summed E-state index contributed by atoms with van der Waals surface area (Å²) in [6.07, 6.45) is 11.2. The quantitative estimate of drug-likeness (QED) is 0.295. The summed E-state index contributed by atoms with van der Waals surface area (Å²) in [6, 6.07) is 0. The molecule has 0 aromatic rings. The number of likely N-dealkylation sites (tertiary alicyclic amines) is 1. The van der Waals surface area contributed by atoms with Crippen LogP contribution in [0.25, 0.3) is 0 Å². The fourth-order valence-corrected chi connectivity index (χ4v) is 3.79. The molecule has 130 valence electrons. The van der Waals surface area contributed by atoms with E-state index in [-0.39, 0.29) is 24.0 Å². The Morgan fingerprint density at radius 2 is 1.95 bits per heavy atom. The lowest BCUT2D eigenvalue weighted by molar-refractivity contribution is 0.157. The average Bonchev–Trinajstić information content (AvgIpc) is 3.15. The predicted octanol–water partition coefficient (Wildman–Crippen LogP) is 3.51. The molecule has 2 rings (SSSR count). The number of ether oxygens (including phenoxy) is 1. The maximum atomic E-state index is 5.26. The van der Waals surface area contributed by atoms with E-state index in [4.69, 9.17) is 4.74 Å². The van der Waals surface area contributed by atoms with E-state index in [2.05, 4.69) is 15.2 Å². The third-order valence-electron chi connectivity index (χ3n) is 5.00. The van der Waals surface area contributed by atoms with Gasteiger partial charge in [0.1, 0.15) is 0 Å². The van der Waals surface area contributed by atoms with Crippen LogP contribution in [0.15, 0.2) is 4.99 Å². The normalized spacial score (nSPS) is 22.9. The van der Waals surface area contributed by atoms with Gasteiger partial charge in [-0.1, -0.05) is 38.5 Å². The third-order valence-corrected chi connectivity index (χ3v) is 5.00. The summed E-state index contributed by atoms with van der Waals surface area (Å²) in [6.45, 7) is 4.12. The van der Waals surface area contributed by atoms with Gasteiger partial charge in [0.05, 0.1) is 6.61 Å². The smallest absolute Gasteiger partial charge is 0.193 e. The molecule has 5 heteroatoms. The molecule has 2 aliphatic rings. The molecule has 0 aromatic carbocycles. The first-order chi connectivity index (χ1) is 10.3. The number of hydrogen-bond donors (Lipinski definition) is 1. The van der Waals surface area contributed by atoms with Crippen LogP contribution in [0.2, 0.25) is 0 Å². The van der Waals surface area contributed by atoms with Gasteiger partial charge in [-0.15, -0.1) is 24.0 Å². The van der Waals surface area contributed by atoms with Crippen molar-refractivity contribution in [3.8, 4) is 0 Å². The Hall–Kier alpha value is -0.0400. The predicted molar refractivity (Wildman–Crippen MR) is 104 cm³/mol. The van der Waals surface area contributed by atoms with E-state index < -0.39 is 0 Å². The molecule has 1 N–H and O–H groups in total. The molecule has 1 aliphatic heterocycles. The number of rotatable bonds is 7. The van der Waals surface area contributed by atoms with Gasteiger partial charge >= 0.3 is 0 Å². The van der Waals surface area contributed by atoms with Crippen molar-refractivity contribution in [2.24, 2.45) is 16.8 Å². The molecule has 4 nitrogen and oxygen atoms in total. The Bertz CT molecular complexity index is 319. The molecular formula is C17H34IN3O. The third kappa shape index (κ3) is 6.60. The highest BCUT2D eigenvalue weighted by Crippen LogP contribution is 2.28. The molecule has 1 aliphatic carbocycles. The summed E-state index contributed by atoms with van der Waals surface area (Å²) in [5, 5.41) is 3.53. The van der Waals surface area contributed by atoms with Crippen LogP contribution in [0.3, 0.4) is 0 Å². The summed E-state index contributed by atoms with van der Waals surface area (Å²) < 4.78 is 5.26. The highest BCUT2D eigenvalue weighted by atomic mass is 127. The van der Waals surface area contributed by atoms with Crippen molar-refractivity contribution >= 4 is 29.9 Å². The molecular weight excluding hydrogens is 389 g/mol. The molecule has 1 saturated carbocycles. The Labute approximate surface area is 153 Å². The van der Waals surface area contributed by atoms with Crippen LogP contribution in [-0.4, -0.2) is 51.3 Å². The van der Waals surface area contributed by atoms with Crippen molar-refractivity contribution < 1.29 is 4.74 Å². The molecule has 0 radical (unpaired) electrons. The van der Waals surface area contributed by atoms with Gasteiger partial charge in [-0.3, -0.25) is 4.99 Å². The molecule has 1 atom stereocenters. The number of unbranched alkanes of at least 4 members (excludes halogenated alkanes) is 1. The zero-order valence-electron chi connectivity index (χ0n) is 14.4. The molecule has 22 heavy (non-hydrogen) atoms. The lowest BCUT2D eigenvalue weighted by atomic mass is 10.0. The molecule has 1 unspecified atom stereocenters. The highest BCUT2D eigenvalue weighted by Gasteiger charge is 2.24. The van der Waals surface area contributed by atoms with Gasteiger partial charge in [0.2, 0.25) is 0 Å². The second-order valence-electron chi connectivity index (χ2n) is 6.68.